The second-order valence-electron chi connectivity index (χ2n) is 4.38. The molecule has 0 aliphatic carbocycles. The molecule has 0 aromatic heterocycles. The lowest BCUT2D eigenvalue weighted by atomic mass is 10.4. The highest BCUT2D eigenvalue weighted by molar-refractivity contribution is 6.60. The molecule has 0 radical (unpaired) electrons. The van der Waals surface area contributed by atoms with E-state index in [4.69, 9.17) is 22.8 Å². The van der Waals surface area contributed by atoms with Crippen LogP contribution < -0.4 is 5.32 Å². The van der Waals surface area contributed by atoms with Crippen LogP contribution in [0.3, 0.4) is 0 Å². The van der Waals surface area contributed by atoms with Crippen molar-refractivity contribution in [1.29, 1.82) is 0 Å². The first-order chi connectivity index (χ1) is 10.4. The summed E-state index contributed by atoms with van der Waals surface area (Å²) in [6.07, 6.45) is 0.0486. The zero-order chi connectivity index (χ0) is 17.0. The highest BCUT2D eigenvalue weighted by Gasteiger charge is 2.36. The maximum absolute atomic E-state index is 11.4. The summed E-state index contributed by atoms with van der Waals surface area (Å²) < 4.78 is 25.4. The van der Waals surface area contributed by atoms with Crippen LogP contribution in [0.15, 0.2) is 12.2 Å². The second-order valence-corrected chi connectivity index (χ2v) is 7.47. The van der Waals surface area contributed by atoms with E-state index in [1.54, 1.807) is 6.92 Å². The van der Waals surface area contributed by atoms with Gasteiger partial charge in [-0.2, -0.15) is 0 Å². The number of hydrogen-bond donors (Lipinski definition) is 1. The third-order valence-electron chi connectivity index (χ3n) is 2.76. The van der Waals surface area contributed by atoms with Crippen molar-refractivity contribution >= 4 is 20.9 Å². The van der Waals surface area contributed by atoms with Crippen molar-refractivity contribution in [3.63, 3.8) is 0 Å². The fraction of sp³-hybridized carbons (Fsp3) is 0.692. The van der Waals surface area contributed by atoms with Gasteiger partial charge in [-0.3, -0.25) is 0 Å². The average Bonchev–Trinajstić information content (AvgIpc) is 2.52. The van der Waals surface area contributed by atoms with Crippen molar-refractivity contribution in [2.24, 2.45) is 0 Å². The van der Waals surface area contributed by atoms with Gasteiger partial charge in [0, 0.05) is 39.5 Å². The van der Waals surface area contributed by atoms with Crippen LogP contribution in [0.1, 0.15) is 13.3 Å². The number of nitrogens with one attached hydrogen (secondary N) is 1. The molecule has 0 rings (SSSR count). The number of esters is 1. The Morgan fingerprint density at radius 1 is 1.05 bits per heavy atom. The first-order valence-electron chi connectivity index (χ1n) is 6.79. The number of hydrogen-bond acceptors (Lipinski definition) is 7. The molecule has 0 aromatic carbocycles. The average molecular weight is 335 g/mol. The van der Waals surface area contributed by atoms with Gasteiger partial charge in [-0.05, 0) is 13.3 Å². The number of carbonyl (C=O) groups excluding carboxylic acids is 2. The number of alkyl carbamates (subject to hydrolysis) is 1. The summed E-state index contributed by atoms with van der Waals surface area (Å²) in [5.41, 5.74) is 0.298. The standard InChI is InChI=1S/C13H25NO7Si/c1-11(2)12(15)20-8-9-21-13(16)14-7-6-10-22(17-3,18-4)19-5/h1,6-10H2,2-5H3,(H,14,16). The highest BCUT2D eigenvalue weighted by Crippen LogP contribution is 2.14. The molecule has 128 valence electrons. The van der Waals surface area contributed by atoms with Crippen molar-refractivity contribution < 1.29 is 32.3 Å². The number of ether oxygens (including phenoxy) is 2. The molecule has 0 unspecified atom stereocenters. The molecular weight excluding hydrogens is 310 g/mol. The lowest BCUT2D eigenvalue weighted by Crippen LogP contribution is -2.43. The molecule has 0 heterocycles. The fourth-order valence-corrected chi connectivity index (χ4v) is 3.22. The fourth-order valence-electron chi connectivity index (χ4n) is 1.49. The quantitative estimate of drug-likeness (QED) is 0.261. The van der Waals surface area contributed by atoms with E-state index in [0.29, 0.717) is 24.6 Å². The van der Waals surface area contributed by atoms with Crippen LogP contribution in [0.25, 0.3) is 0 Å². The zero-order valence-corrected chi connectivity index (χ0v) is 14.6. The van der Waals surface area contributed by atoms with E-state index >= 15 is 0 Å². The van der Waals surface area contributed by atoms with Crippen LogP contribution in [0.2, 0.25) is 6.04 Å². The first kappa shape index (κ1) is 20.6. The Balaban J connectivity index is 3.74. The Hall–Kier alpha value is -1.42. The lowest BCUT2D eigenvalue weighted by Gasteiger charge is -2.24. The third kappa shape index (κ3) is 8.13. The van der Waals surface area contributed by atoms with E-state index in [9.17, 15) is 9.59 Å². The van der Waals surface area contributed by atoms with Crippen molar-refractivity contribution in [2.45, 2.75) is 19.4 Å². The molecule has 8 nitrogen and oxygen atoms in total. The minimum atomic E-state index is -2.60. The largest absolute Gasteiger partial charge is 0.500 e. The van der Waals surface area contributed by atoms with Crippen LogP contribution in [-0.2, 0) is 27.5 Å². The van der Waals surface area contributed by atoms with Gasteiger partial charge < -0.3 is 28.1 Å². The number of amides is 1. The molecule has 22 heavy (non-hydrogen) atoms. The SMILES string of the molecule is C=C(C)C(=O)OCCOC(=O)NCCC[Si](OC)(OC)OC. The topological polar surface area (TPSA) is 92.3 Å². The van der Waals surface area contributed by atoms with E-state index in [2.05, 4.69) is 11.9 Å². The van der Waals surface area contributed by atoms with E-state index in [-0.39, 0.29) is 13.2 Å². The molecule has 1 N–H and O–H groups in total. The van der Waals surface area contributed by atoms with E-state index in [1.165, 1.54) is 21.3 Å². The molecule has 0 aliphatic rings. The predicted octanol–water partition coefficient (Wildman–Crippen LogP) is 1.10. The van der Waals surface area contributed by atoms with E-state index < -0.39 is 20.9 Å². The zero-order valence-electron chi connectivity index (χ0n) is 13.6. The third-order valence-corrected chi connectivity index (χ3v) is 5.59. The molecule has 9 heteroatoms. The number of carbonyl (C=O) groups is 2. The highest BCUT2D eigenvalue weighted by atomic mass is 28.4. The summed E-state index contributed by atoms with van der Waals surface area (Å²) in [5.74, 6) is -0.510. The van der Waals surface area contributed by atoms with Gasteiger partial charge in [0.2, 0.25) is 0 Å². The van der Waals surface area contributed by atoms with Crippen molar-refractivity contribution in [3.8, 4) is 0 Å². The number of rotatable bonds is 11. The molecule has 0 atom stereocenters. The molecular formula is C13H25NO7Si. The minimum Gasteiger partial charge on any atom is -0.459 e. The summed E-state index contributed by atoms with van der Waals surface area (Å²) >= 11 is 0. The molecule has 0 aromatic rings. The predicted molar refractivity (Wildman–Crippen MR) is 81.3 cm³/mol. The van der Waals surface area contributed by atoms with E-state index in [1.807, 2.05) is 0 Å². The van der Waals surface area contributed by atoms with Gasteiger partial charge in [-0.1, -0.05) is 6.58 Å². The maximum Gasteiger partial charge on any atom is 0.500 e. The van der Waals surface area contributed by atoms with Gasteiger partial charge in [0.25, 0.3) is 0 Å². The Kier molecular flexibility index (Phi) is 10.5. The summed E-state index contributed by atoms with van der Waals surface area (Å²) in [4.78, 5) is 22.4. The Labute approximate surface area is 132 Å². The molecule has 0 fully saturated rings. The minimum absolute atomic E-state index is 0.00778. The monoisotopic (exact) mass is 335 g/mol. The summed E-state index contributed by atoms with van der Waals surface area (Å²) in [5, 5.41) is 2.57. The van der Waals surface area contributed by atoms with Crippen LogP contribution in [0, 0.1) is 0 Å². The molecule has 0 saturated carbocycles. The van der Waals surface area contributed by atoms with Crippen LogP contribution in [0.4, 0.5) is 4.79 Å². The van der Waals surface area contributed by atoms with Gasteiger partial charge in [0.05, 0.1) is 0 Å². The Bertz CT molecular complexity index is 363. The first-order valence-corrected chi connectivity index (χ1v) is 8.72. The summed E-state index contributed by atoms with van der Waals surface area (Å²) in [7, 11) is 2.00. The lowest BCUT2D eigenvalue weighted by molar-refractivity contribution is -0.139. The Morgan fingerprint density at radius 2 is 1.59 bits per heavy atom. The van der Waals surface area contributed by atoms with Crippen LogP contribution in [0.5, 0.6) is 0 Å². The smallest absolute Gasteiger partial charge is 0.459 e. The maximum atomic E-state index is 11.4. The summed E-state index contributed by atoms with van der Waals surface area (Å²) in [6.45, 7) is 5.35. The Morgan fingerprint density at radius 3 is 2.09 bits per heavy atom. The van der Waals surface area contributed by atoms with Crippen molar-refractivity contribution in [3.05, 3.63) is 12.2 Å². The summed E-state index contributed by atoms with van der Waals surface area (Å²) in [6, 6.07) is 0.576. The molecule has 1 amide bonds. The van der Waals surface area contributed by atoms with Gasteiger partial charge in [0.1, 0.15) is 13.2 Å². The van der Waals surface area contributed by atoms with Gasteiger partial charge in [-0.15, -0.1) is 0 Å². The molecule has 0 spiro atoms. The van der Waals surface area contributed by atoms with E-state index in [0.717, 1.165) is 0 Å². The van der Waals surface area contributed by atoms with Crippen molar-refractivity contribution in [2.75, 3.05) is 41.1 Å². The van der Waals surface area contributed by atoms with Crippen molar-refractivity contribution in [1.82, 2.24) is 5.32 Å². The van der Waals surface area contributed by atoms with Crippen LogP contribution in [-0.4, -0.2) is 62.0 Å². The molecule has 0 bridgehead atoms. The van der Waals surface area contributed by atoms with Gasteiger partial charge in [-0.25, -0.2) is 9.59 Å². The molecule has 0 aliphatic heterocycles. The van der Waals surface area contributed by atoms with Gasteiger partial charge >= 0.3 is 20.9 Å². The second kappa shape index (κ2) is 11.2. The normalized spacial score (nSPS) is 10.9. The van der Waals surface area contributed by atoms with Gasteiger partial charge in [0.15, 0.2) is 0 Å². The molecule has 0 saturated heterocycles. The van der Waals surface area contributed by atoms with Crippen LogP contribution >= 0.6 is 0 Å².